The number of nitrogens with one attached hydrogen (secondary N) is 1. The lowest BCUT2D eigenvalue weighted by Gasteiger charge is -2.29. The summed E-state index contributed by atoms with van der Waals surface area (Å²) in [5, 5.41) is 3.28. The smallest absolute Gasteiger partial charge is 0.201 e. The van der Waals surface area contributed by atoms with Crippen molar-refractivity contribution < 1.29 is 14.3 Å². The van der Waals surface area contributed by atoms with E-state index in [9.17, 15) is 9.59 Å². The fraction of sp³-hybridized carbons (Fsp3) is 0.167. The lowest BCUT2D eigenvalue weighted by atomic mass is 9.84. The monoisotopic (exact) mass is 371 g/mol. The molecule has 0 fully saturated rings. The van der Waals surface area contributed by atoms with Gasteiger partial charge in [-0.25, -0.2) is 0 Å². The summed E-state index contributed by atoms with van der Waals surface area (Å²) in [4.78, 5) is 27.1. The maximum absolute atomic E-state index is 13.5. The van der Waals surface area contributed by atoms with Gasteiger partial charge in [-0.3, -0.25) is 9.59 Å². The van der Waals surface area contributed by atoms with Crippen molar-refractivity contribution >= 4 is 17.3 Å². The van der Waals surface area contributed by atoms with Crippen LogP contribution in [0, 0.1) is 13.8 Å². The Morgan fingerprint density at radius 2 is 1.39 bits per heavy atom. The van der Waals surface area contributed by atoms with Crippen LogP contribution in [0.1, 0.15) is 37.4 Å². The standard InChI is InChI=1S/C24H21NO3/c1-15-8-11-18(14-16(15)2)25-24(17-9-12-19(28-3)13-10-17)22(26)20-6-4-5-7-21(20)23(24)27/h4-14,25H,1-3H3. The Labute approximate surface area is 164 Å². The van der Waals surface area contributed by atoms with E-state index in [1.54, 1.807) is 55.6 Å². The van der Waals surface area contributed by atoms with Gasteiger partial charge in [-0.15, -0.1) is 0 Å². The summed E-state index contributed by atoms with van der Waals surface area (Å²) in [7, 11) is 1.58. The van der Waals surface area contributed by atoms with Gasteiger partial charge in [0.15, 0.2) is 5.54 Å². The number of fused-ring (bicyclic) bond motifs is 1. The molecule has 4 rings (SSSR count). The van der Waals surface area contributed by atoms with Crippen LogP contribution < -0.4 is 10.1 Å². The third-order valence-corrected chi connectivity index (χ3v) is 5.46. The molecule has 0 radical (unpaired) electrons. The van der Waals surface area contributed by atoms with Crippen LogP contribution in [0.4, 0.5) is 5.69 Å². The van der Waals surface area contributed by atoms with Crippen molar-refractivity contribution in [3.05, 3.63) is 94.5 Å². The molecule has 3 aromatic rings. The average Bonchev–Trinajstić information content (AvgIpc) is 2.94. The molecule has 0 aromatic heterocycles. The predicted molar refractivity (Wildman–Crippen MR) is 109 cm³/mol. The highest BCUT2D eigenvalue weighted by Gasteiger charge is 2.54. The largest absolute Gasteiger partial charge is 0.497 e. The molecule has 0 atom stereocenters. The molecule has 28 heavy (non-hydrogen) atoms. The number of ether oxygens (including phenoxy) is 1. The molecule has 0 saturated carbocycles. The lowest BCUT2D eigenvalue weighted by Crippen LogP contribution is -2.46. The molecule has 0 spiro atoms. The molecule has 0 amide bonds. The normalized spacial score (nSPS) is 14.7. The minimum Gasteiger partial charge on any atom is -0.497 e. The summed E-state index contributed by atoms with van der Waals surface area (Å²) in [5.74, 6) is 0.188. The van der Waals surface area contributed by atoms with E-state index in [0.29, 0.717) is 22.4 Å². The lowest BCUT2D eigenvalue weighted by molar-refractivity contribution is 0.0818. The molecule has 4 nitrogen and oxygen atoms in total. The van der Waals surface area contributed by atoms with Gasteiger partial charge in [0, 0.05) is 16.8 Å². The van der Waals surface area contributed by atoms with Gasteiger partial charge in [-0.2, -0.15) is 0 Å². The maximum atomic E-state index is 13.5. The molecule has 1 aliphatic carbocycles. The van der Waals surface area contributed by atoms with Crippen LogP contribution in [0.5, 0.6) is 5.75 Å². The number of benzene rings is 3. The van der Waals surface area contributed by atoms with Crippen LogP contribution in [-0.4, -0.2) is 18.7 Å². The SMILES string of the molecule is COc1ccc(C2(Nc3ccc(C)c(C)c3)C(=O)c3ccccc3C2=O)cc1. The molecule has 0 aliphatic heterocycles. The number of aryl methyl sites for hydroxylation is 2. The molecule has 4 heteroatoms. The summed E-state index contributed by atoms with van der Waals surface area (Å²) in [5.41, 5.74) is 2.96. The first-order valence-corrected chi connectivity index (χ1v) is 9.16. The molecule has 0 saturated heterocycles. The van der Waals surface area contributed by atoms with Crippen LogP contribution in [0.3, 0.4) is 0 Å². The van der Waals surface area contributed by atoms with E-state index >= 15 is 0 Å². The number of methoxy groups -OCH3 is 1. The fourth-order valence-electron chi connectivity index (χ4n) is 3.71. The molecule has 0 bridgehead atoms. The average molecular weight is 371 g/mol. The van der Waals surface area contributed by atoms with Crippen LogP contribution in [0.25, 0.3) is 0 Å². The van der Waals surface area contributed by atoms with Gasteiger partial charge in [0.2, 0.25) is 11.6 Å². The second-order valence-corrected chi connectivity index (χ2v) is 7.11. The van der Waals surface area contributed by atoms with Crippen molar-refractivity contribution in [2.75, 3.05) is 12.4 Å². The predicted octanol–water partition coefficient (Wildman–Crippen LogP) is 4.70. The van der Waals surface area contributed by atoms with Crippen LogP contribution in [0.15, 0.2) is 66.7 Å². The number of anilines is 1. The highest BCUT2D eigenvalue weighted by molar-refractivity contribution is 6.34. The van der Waals surface area contributed by atoms with E-state index in [-0.39, 0.29) is 11.6 Å². The molecule has 3 aromatic carbocycles. The Morgan fingerprint density at radius 3 is 1.93 bits per heavy atom. The topological polar surface area (TPSA) is 55.4 Å². The van der Waals surface area contributed by atoms with Crippen molar-refractivity contribution in [2.45, 2.75) is 19.4 Å². The molecular formula is C24H21NO3. The minimum absolute atomic E-state index is 0.239. The summed E-state index contributed by atoms with van der Waals surface area (Å²) >= 11 is 0. The van der Waals surface area contributed by atoms with E-state index in [1.165, 1.54) is 0 Å². The second-order valence-electron chi connectivity index (χ2n) is 7.11. The summed E-state index contributed by atoms with van der Waals surface area (Å²) in [6.45, 7) is 4.04. The number of hydrogen-bond acceptors (Lipinski definition) is 4. The maximum Gasteiger partial charge on any atom is 0.201 e. The Hall–Kier alpha value is -3.40. The number of carbonyl (C=O) groups excluding carboxylic acids is 2. The van der Waals surface area contributed by atoms with Crippen LogP contribution in [-0.2, 0) is 5.54 Å². The van der Waals surface area contributed by atoms with Gasteiger partial charge >= 0.3 is 0 Å². The number of rotatable bonds is 4. The van der Waals surface area contributed by atoms with Gasteiger partial charge in [0.25, 0.3) is 0 Å². The van der Waals surface area contributed by atoms with Crippen molar-refractivity contribution in [3.8, 4) is 5.75 Å². The fourth-order valence-corrected chi connectivity index (χ4v) is 3.71. The second kappa shape index (κ2) is 6.64. The first kappa shape index (κ1) is 18.0. The Bertz CT molecular complexity index is 1050. The Kier molecular flexibility index (Phi) is 4.27. The van der Waals surface area contributed by atoms with Crippen molar-refractivity contribution in [2.24, 2.45) is 0 Å². The minimum atomic E-state index is -1.49. The summed E-state index contributed by atoms with van der Waals surface area (Å²) in [6.07, 6.45) is 0. The van der Waals surface area contributed by atoms with E-state index in [4.69, 9.17) is 4.74 Å². The zero-order valence-electron chi connectivity index (χ0n) is 16.1. The molecule has 1 N–H and O–H groups in total. The zero-order valence-corrected chi connectivity index (χ0v) is 16.1. The molecular weight excluding hydrogens is 350 g/mol. The highest BCUT2D eigenvalue weighted by atomic mass is 16.5. The summed E-state index contributed by atoms with van der Waals surface area (Å²) in [6, 6.07) is 19.9. The number of hydrogen-bond donors (Lipinski definition) is 1. The van der Waals surface area contributed by atoms with Crippen molar-refractivity contribution in [1.82, 2.24) is 0 Å². The Morgan fingerprint density at radius 1 is 0.786 bits per heavy atom. The van der Waals surface area contributed by atoms with Gasteiger partial charge in [0.1, 0.15) is 5.75 Å². The third kappa shape index (κ3) is 2.61. The van der Waals surface area contributed by atoms with E-state index in [0.717, 1.165) is 16.8 Å². The van der Waals surface area contributed by atoms with Gasteiger partial charge in [-0.1, -0.05) is 42.5 Å². The first-order chi connectivity index (χ1) is 13.5. The molecule has 0 unspecified atom stereocenters. The van der Waals surface area contributed by atoms with E-state index in [1.807, 2.05) is 32.0 Å². The van der Waals surface area contributed by atoms with Gasteiger partial charge < -0.3 is 10.1 Å². The quantitative estimate of drug-likeness (QED) is 0.676. The zero-order chi connectivity index (χ0) is 19.9. The van der Waals surface area contributed by atoms with Gasteiger partial charge in [-0.05, 0) is 54.8 Å². The van der Waals surface area contributed by atoms with Crippen LogP contribution >= 0.6 is 0 Å². The number of ketones is 2. The number of carbonyl (C=O) groups is 2. The van der Waals surface area contributed by atoms with Crippen molar-refractivity contribution in [3.63, 3.8) is 0 Å². The van der Waals surface area contributed by atoms with Crippen LogP contribution in [0.2, 0.25) is 0 Å². The highest BCUT2D eigenvalue weighted by Crippen LogP contribution is 2.41. The van der Waals surface area contributed by atoms with Crippen molar-refractivity contribution in [1.29, 1.82) is 0 Å². The molecule has 0 heterocycles. The first-order valence-electron chi connectivity index (χ1n) is 9.16. The van der Waals surface area contributed by atoms with E-state index < -0.39 is 5.54 Å². The number of Topliss-reactive ketones (excluding diaryl/α,β-unsaturated/α-hetero) is 2. The summed E-state index contributed by atoms with van der Waals surface area (Å²) < 4.78 is 5.24. The Balaban J connectivity index is 1.90. The third-order valence-electron chi connectivity index (χ3n) is 5.46. The van der Waals surface area contributed by atoms with E-state index in [2.05, 4.69) is 5.32 Å². The van der Waals surface area contributed by atoms with Gasteiger partial charge in [0.05, 0.1) is 7.11 Å². The molecule has 1 aliphatic rings. The molecule has 140 valence electrons.